The number of likely N-dealkylation sites (tertiary alicyclic amines) is 1. The van der Waals surface area contributed by atoms with Crippen LogP contribution in [-0.4, -0.2) is 58.2 Å². The van der Waals surface area contributed by atoms with Crippen LogP contribution in [0, 0.1) is 0 Å². The molecular formula is C30H29N3O3S. The monoisotopic (exact) mass is 511 g/mol. The van der Waals surface area contributed by atoms with Gasteiger partial charge in [-0.3, -0.25) is 9.36 Å². The molecule has 2 aliphatic heterocycles. The third-order valence-electron chi connectivity index (χ3n) is 6.97. The average Bonchev–Trinajstić information content (AvgIpc) is 3.58. The van der Waals surface area contributed by atoms with Crippen molar-refractivity contribution in [1.82, 2.24) is 14.5 Å². The highest BCUT2D eigenvalue weighted by Crippen LogP contribution is 2.38. The van der Waals surface area contributed by atoms with Crippen molar-refractivity contribution in [3.63, 3.8) is 0 Å². The molecule has 0 aliphatic carbocycles. The Morgan fingerprint density at radius 2 is 1.38 bits per heavy atom. The van der Waals surface area contributed by atoms with Crippen LogP contribution < -0.4 is 0 Å². The number of thioether (sulfide) groups is 1. The largest absolute Gasteiger partial charge is 0.347 e. The van der Waals surface area contributed by atoms with Gasteiger partial charge >= 0.3 is 0 Å². The summed E-state index contributed by atoms with van der Waals surface area (Å²) in [6.45, 7) is 2.58. The van der Waals surface area contributed by atoms with Gasteiger partial charge in [0.2, 0.25) is 5.91 Å². The lowest BCUT2D eigenvalue weighted by Crippen LogP contribution is -2.47. The summed E-state index contributed by atoms with van der Waals surface area (Å²) >= 11 is 1.49. The second-order valence-corrected chi connectivity index (χ2v) is 10.2. The number of amides is 1. The molecule has 37 heavy (non-hydrogen) atoms. The molecule has 3 heterocycles. The zero-order valence-electron chi connectivity index (χ0n) is 20.6. The predicted molar refractivity (Wildman–Crippen MR) is 146 cm³/mol. The number of hydrogen-bond acceptors (Lipinski definition) is 5. The van der Waals surface area contributed by atoms with E-state index in [0.717, 1.165) is 46.2 Å². The fourth-order valence-electron chi connectivity index (χ4n) is 5.07. The van der Waals surface area contributed by atoms with E-state index in [2.05, 4.69) is 41.0 Å². The molecule has 6 rings (SSSR count). The molecule has 3 aromatic carbocycles. The number of carbonyl (C=O) groups excluding carboxylic acids is 1. The lowest BCUT2D eigenvalue weighted by Gasteiger charge is -2.37. The standard InChI is InChI=1S/C30H29N3O3S/c34-26(32-18-16-30(17-19-32)35-20-21-36-30)22-37-29-31-27(23-10-4-1-5-11-23)28(24-12-6-2-7-13-24)33(29)25-14-8-3-9-15-25/h1-15H,16-22H2. The zero-order chi connectivity index (χ0) is 25.1. The first kappa shape index (κ1) is 24.0. The van der Waals surface area contributed by atoms with Gasteiger partial charge in [-0.05, 0) is 12.1 Å². The van der Waals surface area contributed by atoms with Crippen LogP contribution in [0.3, 0.4) is 0 Å². The first-order valence-corrected chi connectivity index (χ1v) is 13.7. The third kappa shape index (κ3) is 4.94. The van der Waals surface area contributed by atoms with E-state index in [1.165, 1.54) is 11.8 Å². The van der Waals surface area contributed by atoms with Crippen molar-refractivity contribution in [3.05, 3.63) is 91.0 Å². The number of rotatable bonds is 6. The SMILES string of the molecule is O=C(CSc1nc(-c2ccccc2)c(-c2ccccc2)n1-c1ccccc1)N1CCC2(CC1)OCCO2. The predicted octanol–water partition coefficient (Wildman–Crippen LogP) is 5.66. The van der Waals surface area contributed by atoms with E-state index < -0.39 is 5.79 Å². The number of aromatic nitrogens is 2. The van der Waals surface area contributed by atoms with Crippen LogP contribution in [0.4, 0.5) is 0 Å². The van der Waals surface area contributed by atoms with Crippen LogP contribution in [0.5, 0.6) is 0 Å². The first-order valence-electron chi connectivity index (χ1n) is 12.7. The van der Waals surface area contributed by atoms with E-state index >= 15 is 0 Å². The number of para-hydroxylation sites is 1. The van der Waals surface area contributed by atoms with Crippen molar-refractivity contribution in [3.8, 4) is 28.2 Å². The van der Waals surface area contributed by atoms with Crippen LogP contribution >= 0.6 is 11.8 Å². The molecule has 0 unspecified atom stereocenters. The molecule has 0 bridgehead atoms. The van der Waals surface area contributed by atoms with E-state index in [0.29, 0.717) is 32.1 Å². The molecule has 188 valence electrons. The van der Waals surface area contributed by atoms with Crippen LogP contribution in [0.1, 0.15) is 12.8 Å². The number of imidazole rings is 1. The van der Waals surface area contributed by atoms with Crippen molar-refractivity contribution >= 4 is 17.7 Å². The van der Waals surface area contributed by atoms with Crippen LogP contribution in [0.25, 0.3) is 28.2 Å². The fraction of sp³-hybridized carbons (Fsp3) is 0.267. The van der Waals surface area contributed by atoms with Gasteiger partial charge in [0.05, 0.1) is 30.4 Å². The van der Waals surface area contributed by atoms with Gasteiger partial charge < -0.3 is 14.4 Å². The minimum atomic E-state index is -0.483. The van der Waals surface area contributed by atoms with Gasteiger partial charge in [-0.25, -0.2) is 4.98 Å². The van der Waals surface area contributed by atoms with Crippen molar-refractivity contribution in [1.29, 1.82) is 0 Å². The molecule has 1 amide bonds. The van der Waals surface area contributed by atoms with Crippen LogP contribution in [0.2, 0.25) is 0 Å². The van der Waals surface area contributed by atoms with Gasteiger partial charge in [0.25, 0.3) is 0 Å². The molecule has 0 N–H and O–H groups in total. The van der Waals surface area contributed by atoms with Crippen molar-refractivity contribution in [2.75, 3.05) is 32.1 Å². The van der Waals surface area contributed by atoms with Crippen molar-refractivity contribution in [2.45, 2.75) is 23.8 Å². The second-order valence-electron chi connectivity index (χ2n) is 9.27. The maximum atomic E-state index is 13.2. The molecule has 0 atom stereocenters. The molecule has 2 saturated heterocycles. The number of ether oxygens (including phenoxy) is 2. The maximum absolute atomic E-state index is 13.2. The van der Waals surface area contributed by atoms with E-state index in [4.69, 9.17) is 14.5 Å². The summed E-state index contributed by atoms with van der Waals surface area (Å²) in [7, 11) is 0. The van der Waals surface area contributed by atoms with Crippen LogP contribution in [0.15, 0.2) is 96.2 Å². The highest BCUT2D eigenvalue weighted by atomic mass is 32.2. The second kappa shape index (κ2) is 10.5. The van der Waals surface area contributed by atoms with Gasteiger partial charge in [-0.15, -0.1) is 0 Å². The van der Waals surface area contributed by atoms with Gasteiger partial charge in [-0.1, -0.05) is 90.6 Å². The Hall–Kier alpha value is -3.39. The van der Waals surface area contributed by atoms with E-state index in [-0.39, 0.29) is 5.91 Å². The average molecular weight is 512 g/mol. The molecule has 6 nitrogen and oxygen atoms in total. The first-order chi connectivity index (χ1) is 18.2. The summed E-state index contributed by atoms with van der Waals surface area (Å²) in [5.41, 5.74) is 5.06. The molecule has 1 spiro atoms. The molecule has 0 radical (unpaired) electrons. The van der Waals surface area contributed by atoms with Crippen molar-refractivity contribution in [2.24, 2.45) is 0 Å². The number of carbonyl (C=O) groups is 1. The number of hydrogen-bond donors (Lipinski definition) is 0. The molecule has 7 heteroatoms. The van der Waals surface area contributed by atoms with E-state index in [9.17, 15) is 4.79 Å². The third-order valence-corrected chi connectivity index (χ3v) is 7.90. The highest BCUT2D eigenvalue weighted by molar-refractivity contribution is 7.99. The van der Waals surface area contributed by atoms with Crippen LogP contribution in [-0.2, 0) is 14.3 Å². The molecule has 2 fully saturated rings. The number of nitrogens with zero attached hydrogens (tertiary/aromatic N) is 3. The van der Waals surface area contributed by atoms with Gasteiger partial charge in [0.15, 0.2) is 10.9 Å². The molecule has 2 aliphatic rings. The van der Waals surface area contributed by atoms with Gasteiger partial charge in [0.1, 0.15) is 0 Å². The molecule has 0 saturated carbocycles. The Bertz CT molecular complexity index is 1340. The Morgan fingerprint density at radius 3 is 2.00 bits per heavy atom. The summed E-state index contributed by atoms with van der Waals surface area (Å²) in [5.74, 6) is -0.0491. The number of benzene rings is 3. The maximum Gasteiger partial charge on any atom is 0.233 e. The summed E-state index contributed by atoms with van der Waals surface area (Å²) < 4.78 is 13.8. The van der Waals surface area contributed by atoms with Gasteiger partial charge in [-0.2, -0.15) is 0 Å². The lowest BCUT2D eigenvalue weighted by atomic mass is 10.0. The highest BCUT2D eigenvalue weighted by Gasteiger charge is 2.40. The Morgan fingerprint density at radius 1 is 0.811 bits per heavy atom. The van der Waals surface area contributed by atoms with Gasteiger partial charge in [0, 0.05) is 42.7 Å². The van der Waals surface area contributed by atoms with Crippen molar-refractivity contribution < 1.29 is 14.3 Å². The minimum Gasteiger partial charge on any atom is -0.347 e. The van der Waals surface area contributed by atoms with E-state index in [1.54, 1.807) is 0 Å². The number of piperidine rings is 1. The Kier molecular flexibility index (Phi) is 6.83. The quantitative estimate of drug-likeness (QED) is 0.313. The summed E-state index contributed by atoms with van der Waals surface area (Å²) in [4.78, 5) is 20.3. The summed E-state index contributed by atoms with van der Waals surface area (Å²) in [6, 6.07) is 30.8. The minimum absolute atomic E-state index is 0.114. The Balaban J connectivity index is 1.33. The summed E-state index contributed by atoms with van der Waals surface area (Å²) in [5, 5.41) is 0.799. The molecule has 4 aromatic rings. The molecular weight excluding hydrogens is 482 g/mol. The fourth-order valence-corrected chi connectivity index (χ4v) is 5.99. The Labute approximate surface area is 221 Å². The zero-order valence-corrected chi connectivity index (χ0v) is 21.4. The smallest absolute Gasteiger partial charge is 0.233 e. The topological polar surface area (TPSA) is 56.6 Å². The molecule has 1 aromatic heterocycles. The van der Waals surface area contributed by atoms with E-state index in [1.807, 2.05) is 59.5 Å². The normalized spacial score (nSPS) is 16.8. The lowest BCUT2D eigenvalue weighted by molar-refractivity contribution is -0.186. The summed E-state index contributed by atoms with van der Waals surface area (Å²) in [6.07, 6.45) is 1.44.